The first-order valence-corrected chi connectivity index (χ1v) is 6.41. The van der Waals surface area contributed by atoms with E-state index in [9.17, 15) is 0 Å². The van der Waals surface area contributed by atoms with Crippen molar-refractivity contribution < 1.29 is 14.2 Å². The third kappa shape index (κ3) is 2.13. The van der Waals surface area contributed by atoms with Gasteiger partial charge in [0.1, 0.15) is 0 Å². The van der Waals surface area contributed by atoms with E-state index in [4.69, 9.17) is 14.2 Å². The van der Waals surface area contributed by atoms with Crippen molar-refractivity contribution in [2.24, 2.45) is 0 Å². The third-order valence-corrected chi connectivity index (χ3v) is 3.32. The molecule has 0 atom stereocenters. The first kappa shape index (κ1) is 12.7. The van der Waals surface area contributed by atoms with Crippen LogP contribution in [0, 0.1) is 13.8 Å². The minimum absolute atomic E-state index is 0.239. The number of aromatic nitrogens is 2. The van der Waals surface area contributed by atoms with Crippen molar-refractivity contribution in [3.63, 3.8) is 0 Å². The number of ether oxygens (including phenoxy) is 3. The number of rotatable bonds is 4. The third-order valence-electron chi connectivity index (χ3n) is 3.32. The Labute approximate surface area is 117 Å². The van der Waals surface area contributed by atoms with Gasteiger partial charge in [0.05, 0.1) is 24.2 Å². The Morgan fingerprint density at radius 3 is 2.90 bits per heavy atom. The van der Waals surface area contributed by atoms with Gasteiger partial charge in [-0.3, -0.25) is 5.10 Å². The molecule has 0 radical (unpaired) electrons. The van der Waals surface area contributed by atoms with Crippen molar-refractivity contribution in [3.8, 4) is 17.2 Å². The lowest BCUT2D eigenvalue weighted by molar-refractivity contribution is 0.171. The van der Waals surface area contributed by atoms with Crippen molar-refractivity contribution in [3.05, 3.63) is 29.1 Å². The van der Waals surface area contributed by atoms with Crippen molar-refractivity contribution in [2.45, 2.75) is 20.4 Å². The standard InChI is InChI=1S/C14H17N3O3/c1-8-13(9(2)17-16-8)15-6-10-4-11(18-3)14-12(5-10)19-7-20-14/h4-5,15H,6-7H2,1-3H3,(H,16,17). The molecular formula is C14H17N3O3. The highest BCUT2D eigenvalue weighted by atomic mass is 16.7. The lowest BCUT2D eigenvalue weighted by Crippen LogP contribution is -2.01. The van der Waals surface area contributed by atoms with E-state index in [0.29, 0.717) is 18.0 Å². The SMILES string of the molecule is COc1cc(CNc2c(C)n[nH]c2C)cc2c1OCO2. The zero-order chi connectivity index (χ0) is 14.1. The average Bonchev–Trinajstić information content (AvgIpc) is 3.03. The fourth-order valence-corrected chi connectivity index (χ4v) is 2.29. The Morgan fingerprint density at radius 2 is 2.20 bits per heavy atom. The van der Waals surface area contributed by atoms with Gasteiger partial charge in [0.25, 0.3) is 0 Å². The average molecular weight is 275 g/mol. The molecular weight excluding hydrogens is 258 g/mol. The summed E-state index contributed by atoms with van der Waals surface area (Å²) in [5, 5.41) is 10.5. The van der Waals surface area contributed by atoms with Crippen molar-refractivity contribution >= 4 is 5.69 Å². The van der Waals surface area contributed by atoms with E-state index in [1.54, 1.807) is 7.11 Å². The zero-order valence-electron chi connectivity index (χ0n) is 11.7. The van der Waals surface area contributed by atoms with Gasteiger partial charge in [-0.1, -0.05) is 0 Å². The smallest absolute Gasteiger partial charge is 0.231 e. The Bertz CT molecular complexity index is 617. The number of hydrogen-bond acceptors (Lipinski definition) is 5. The maximum absolute atomic E-state index is 5.42. The second kappa shape index (κ2) is 4.96. The van der Waals surface area contributed by atoms with E-state index >= 15 is 0 Å². The highest BCUT2D eigenvalue weighted by Gasteiger charge is 2.20. The maximum atomic E-state index is 5.42. The highest BCUT2D eigenvalue weighted by molar-refractivity contribution is 5.57. The summed E-state index contributed by atoms with van der Waals surface area (Å²) in [6.07, 6.45) is 0. The van der Waals surface area contributed by atoms with Crippen LogP contribution in [0.15, 0.2) is 12.1 Å². The molecule has 0 saturated heterocycles. The van der Waals surface area contributed by atoms with Gasteiger partial charge in [0, 0.05) is 6.54 Å². The van der Waals surface area contributed by atoms with Crippen LogP contribution in [0.5, 0.6) is 17.2 Å². The summed E-state index contributed by atoms with van der Waals surface area (Å²) in [5.41, 5.74) is 4.07. The summed E-state index contributed by atoms with van der Waals surface area (Å²) in [4.78, 5) is 0. The van der Waals surface area contributed by atoms with Crippen molar-refractivity contribution in [1.82, 2.24) is 10.2 Å². The normalized spacial score (nSPS) is 12.6. The minimum Gasteiger partial charge on any atom is -0.493 e. The van der Waals surface area contributed by atoms with Crippen LogP contribution in [-0.2, 0) is 6.54 Å². The van der Waals surface area contributed by atoms with Crippen molar-refractivity contribution in [1.29, 1.82) is 0 Å². The number of fused-ring (bicyclic) bond motifs is 1. The highest BCUT2D eigenvalue weighted by Crippen LogP contribution is 2.41. The molecule has 2 N–H and O–H groups in total. The molecule has 20 heavy (non-hydrogen) atoms. The van der Waals surface area contributed by atoms with E-state index in [1.165, 1.54) is 0 Å². The molecule has 1 aliphatic heterocycles. The van der Waals surface area contributed by atoms with E-state index in [1.807, 2.05) is 26.0 Å². The number of aromatic amines is 1. The molecule has 0 bridgehead atoms. The maximum Gasteiger partial charge on any atom is 0.231 e. The molecule has 1 aromatic heterocycles. The summed E-state index contributed by atoms with van der Waals surface area (Å²) in [5.74, 6) is 2.09. The molecule has 6 nitrogen and oxygen atoms in total. The predicted octanol–water partition coefficient (Wildman–Crippen LogP) is 2.38. The Hall–Kier alpha value is -2.37. The van der Waals surface area contributed by atoms with Crippen LogP contribution in [0.1, 0.15) is 17.0 Å². The number of hydrogen-bond donors (Lipinski definition) is 2. The van der Waals surface area contributed by atoms with Crippen LogP contribution in [-0.4, -0.2) is 24.1 Å². The summed E-state index contributed by atoms with van der Waals surface area (Å²) in [6.45, 7) is 4.85. The number of nitrogens with zero attached hydrogens (tertiary/aromatic N) is 1. The quantitative estimate of drug-likeness (QED) is 0.896. The molecule has 0 aliphatic carbocycles. The van der Waals surface area contributed by atoms with Crippen LogP contribution in [0.3, 0.4) is 0 Å². The van der Waals surface area contributed by atoms with Gasteiger partial charge in [-0.25, -0.2) is 0 Å². The van der Waals surface area contributed by atoms with Crippen LogP contribution in [0.25, 0.3) is 0 Å². The lowest BCUT2D eigenvalue weighted by Gasteiger charge is -2.10. The summed E-state index contributed by atoms with van der Waals surface area (Å²) >= 11 is 0. The fourth-order valence-electron chi connectivity index (χ4n) is 2.29. The second-order valence-electron chi connectivity index (χ2n) is 4.69. The summed E-state index contributed by atoms with van der Waals surface area (Å²) in [6, 6.07) is 3.91. The van der Waals surface area contributed by atoms with Gasteiger partial charge < -0.3 is 19.5 Å². The number of aryl methyl sites for hydroxylation is 2. The molecule has 0 amide bonds. The van der Waals surface area contributed by atoms with Gasteiger partial charge in [-0.15, -0.1) is 0 Å². The van der Waals surface area contributed by atoms with E-state index in [-0.39, 0.29) is 6.79 Å². The molecule has 106 valence electrons. The monoisotopic (exact) mass is 275 g/mol. The lowest BCUT2D eigenvalue weighted by atomic mass is 10.1. The van der Waals surface area contributed by atoms with Crippen LogP contribution in [0.4, 0.5) is 5.69 Å². The predicted molar refractivity (Wildman–Crippen MR) is 74.5 cm³/mol. The fraction of sp³-hybridized carbons (Fsp3) is 0.357. The molecule has 6 heteroatoms. The first-order valence-electron chi connectivity index (χ1n) is 6.41. The van der Waals surface area contributed by atoms with Gasteiger partial charge in [-0.05, 0) is 31.5 Å². The zero-order valence-corrected chi connectivity index (χ0v) is 11.7. The van der Waals surface area contributed by atoms with Gasteiger partial charge >= 0.3 is 0 Å². The molecule has 0 spiro atoms. The topological polar surface area (TPSA) is 68.4 Å². The number of methoxy groups -OCH3 is 1. The van der Waals surface area contributed by atoms with Crippen molar-refractivity contribution in [2.75, 3.05) is 19.2 Å². The second-order valence-corrected chi connectivity index (χ2v) is 4.69. The van der Waals surface area contributed by atoms with E-state index in [0.717, 1.165) is 28.4 Å². The van der Waals surface area contributed by atoms with Crippen LogP contribution < -0.4 is 19.5 Å². The molecule has 0 saturated carbocycles. The molecule has 0 fully saturated rings. The van der Waals surface area contributed by atoms with E-state index in [2.05, 4.69) is 15.5 Å². The number of H-pyrrole nitrogens is 1. The first-order chi connectivity index (χ1) is 9.69. The number of benzene rings is 1. The summed E-state index contributed by atoms with van der Waals surface area (Å²) in [7, 11) is 1.62. The molecule has 3 rings (SSSR count). The largest absolute Gasteiger partial charge is 0.493 e. The van der Waals surface area contributed by atoms with Crippen LogP contribution >= 0.6 is 0 Å². The number of nitrogens with one attached hydrogen (secondary N) is 2. The number of anilines is 1. The molecule has 0 unspecified atom stereocenters. The van der Waals surface area contributed by atoms with E-state index < -0.39 is 0 Å². The molecule has 2 heterocycles. The Morgan fingerprint density at radius 1 is 1.35 bits per heavy atom. The molecule has 2 aromatic rings. The molecule has 1 aliphatic rings. The molecule has 1 aromatic carbocycles. The van der Waals surface area contributed by atoms with Gasteiger partial charge in [-0.2, -0.15) is 5.10 Å². The van der Waals surface area contributed by atoms with Crippen LogP contribution in [0.2, 0.25) is 0 Å². The van der Waals surface area contributed by atoms with Gasteiger partial charge in [0.15, 0.2) is 11.5 Å². The Kier molecular flexibility index (Phi) is 3.14. The van der Waals surface area contributed by atoms with Gasteiger partial charge in [0.2, 0.25) is 12.5 Å². The minimum atomic E-state index is 0.239. The Balaban J connectivity index is 1.82. The summed E-state index contributed by atoms with van der Waals surface area (Å²) < 4.78 is 16.1.